The van der Waals surface area contributed by atoms with Crippen molar-refractivity contribution < 1.29 is 14.1 Å². The molecule has 140 valence electrons. The van der Waals surface area contributed by atoms with Gasteiger partial charge in [-0.05, 0) is 29.6 Å². The molecule has 7 nitrogen and oxygen atoms in total. The molecule has 0 aliphatic carbocycles. The lowest BCUT2D eigenvalue weighted by molar-refractivity contribution is -0.384. The van der Waals surface area contributed by atoms with Crippen LogP contribution in [-0.4, -0.2) is 10.8 Å². The minimum Gasteiger partial charge on any atom is -0.457 e. The van der Waals surface area contributed by atoms with E-state index in [1.807, 2.05) is 23.6 Å². The molecule has 0 saturated heterocycles. The number of rotatable bonds is 6. The van der Waals surface area contributed by atoms with Crippen molar-refractivity contribution in [3.05, 3.63) is 79.2 Å². The third-order valence-electron chi connectivity index (χ3n) is 3.71. The topological polar surface area (TPSA) is 109 Å². The molecule has 0 unspecified atom stereocenters. The molecule has 0 radical (unpaired) electrons. The van der Waals surface area contributed by atoms with Crippen molar-refractivity contribution >= 4 is 40.6 Å². The van der Waals surface area contributed by atoms with Crippen molar-refractivity contribution in [3.8, 4) is 17.4 Å². The number of carbonyl (C=O) groups is 1. The lowest BCUT2D eigenvalue weighted by atomic mass is 10.1. The molecule has 0 spiro atoms. The fourth-order valence-corrected chi connectivity index (χ4v) is 3.27. The Morgan fingerprint density at radius 3 is 2.82 bits per heavy atom. The SMILES string of the molecule is N#CC(=Cc1ccc(-c2ccc([N+](=O)[O-])cc2Cl)o1)C(=O)NCc1cccs1. The van der Waals surface area contributed by atoms with E-state index < -0.39 is 10.8 Å². The maximum atomic E-state index is 12.2. The van der Waals surface area contributed by atoms with Gasteiger partial charge in [0.05, 0.1) is 16.5 Å². The number of non-ortho nitro benzene ring substituents is 1. The molecule has 0 atom stereocenters. The van der Waals surface area contributed by atoms with Crippen LogP contribution in [0.15, 0.2) is 57.8 Å². The largest absolute Gasteiger partial charge is 0.457 e. The van der Waals surface area contributed by atoms with Gasteiger partial charge in [0, 0.05) is 28.6 Å². The van der Waals surface area contributed by atoms with Crippen molar-refractivity contribution in [2.45, 2.75) is 6.54 Å². The zero-order valence-corrected chi connectivity index (χ0v) is 15.8. The number of furan rings is 1. The fraction of sp³-hybridized carbons (Fsp3) is 0.0526. The van der Waals surface area contributed by atoms with Crippen molar-refractivity contribution in [1.29, 1.82) is 5.26 Å². The number of nitrogens with zero attached hydrogens (tertiary/aromatic N) is 2. The molecule has 0 aliphatic rings. The van der Waals surface area contributed by atoms with E-state index in [2.05, 4.69) is 5.32 Å². The number of carbonyl (C=O) groups excluding carboxylic acids is 1. The van der Waals surface area contributed by atoms with Crippen molar-refractivity contribution in [2.24, 2.45) is 0 Å². The molecule has 1 amide bonds. The highest BCUT2D eigenvalue weighted by Crippen LogP contribution is 2.32. The highest BCUT2D eigenvalue weighted by atomic mass is 35.5. The van der Waals surface area contributed by atoms with E-state index in [0.29, 0.717) is 17.9 Å². The maximum Gasteiger partial charge on any atom is 0.270 e. The normalized spacial score (nSPS) is 11.1. The molecule has 3 rings (SSSR count). The summed E-state index contributed by atoms with van der Waals surface area (Å²) in [4.78, 5) is 23.4. The molecule has 1 aromatic carbocycles. The van der Waals surface area contributed by atoms with Crippen LogP contribution >= 0.6 is 22.9 Å². The molecule has 0 bridgehead atoms. The highest BCUT2D eigenvalue weighted by molar-refractivity contribution is 7.09. The summed E-state index contributed by atoms with van der Waals surface area (Å²) in [5, 5.41) is 24.8. The van der Waals surface area contributed by atoms with Crippen molar-refractivity contribution in [3.63, 3.8) is 0 Å². The Labute approximate surface area is 168 Å². The molecule has 9 heteroatoms. The van der Waals surface area contributed by atoms with Crippen LogP contribution in [0, 0.1) is 21.4 Å². The number of amides is 1. The van der Waals surface area contributed by atoms with Crippen LogP contribution in [-0.2, 0) is 11.3 Å². The average Bonchev–Trinajstić information content (AvgIpc) is 3.36. The van der Waals surface area contributed by atoms with E-state index in [1.165, 1.54) is 35.6 Å². The van der Waals surface area contributed by atoms with Gasteiger partial charge in [-0.1, -0.05) is 17.7 Å². The van der Waals surface area contributed by atoms with Gasteiger partial charge in [-0.2, -0.15) is 5.26 Å². The van der Waals surface area contributed by atoms with Gasteiger partial charge >= 0.3 is 0 Å². The van der Waals surface area contributed by atoms with Gasteiger partial charge in [-0.25, -0.2) is 0 Å². The molecular formula is C19H12ClN3O4S. The summed E-state index contributed by atoms with van der Waals surface area (Å²) < 4.78 is 5.62. The number of nitrogens with one attached hydrogen (secondary N) is 1. The van der Waals surface area contributed by atoms with E-state index in [1.54, 1.807) is 12.1 Å². The number of halogens is 1. The van der Waals surface area contributed by atoms with Crippen LogP contribution in [0.1, 0.15) is 10.6 Å². The van der Waals surface area contributed by atoms with Gasteiger partial charge in [0.1, 0.15) is 23.2 Å². The third-order valence-corrected chi connectivity index (χ3v) is 4.90. The van der Waals surface area contributed by atoms with Crippen LogP contribution in [0.4, 0.5) is 5.69 Å². The number of hydrogen-bond donors (Lipinski definition) is 1. The summed E-state index contributed by atoms with van der Waals surface area (Å²) in [6, 6.07) is 12.8. The fourth-order valence-electron chi connectivity index (χ4n) is 2.36. The summed E-state index contributed by atoms with van der Waals surface area (Å²) in [6.07, 6.45) is 1.33. The number of thiophene rings is 1. The minimum absolute atomic E-state index is 0.104. The van der Waals surface area contributed by atoms with Crippen LogP contribution in [0.5, 0.6) is 0 Å². The molecule has 0 fully saturated rings. The van der Waals surface area contributed by atoms with Crippen LogP contribution in [0.2, 0.25) is 5.02 Å². The number of nitriles is 1. The first-order valence-corrected chi connectivity index (χ1v) is 9.20. The Hall–Kier alpha value is -3.41. The summed E-state index contributed by atoms with van der Waals surface area (Å²) >= 11 is 7.60. The molecule has 1 N–H and O–H groups in total. The second kappa shape index (κ2) is 8.52. The second-order valence-corrected chi connectivity index (χ2v) is 6.99. The number of nitro groups is 1. The summed E-state index contributed by atoms with van der Waals surface area (Å²) in [7, 11) is 0. The van der Waals surface area contributed by atoms with Crippen molar-refractivity contribution in [1.82, 2.24) is 5.32 Å². The Bertz CT molecular complexity index is 1100. The van der Waals surface area contributed by atoms with E-state index >= 15 is 0 Å². The summed E-state index contributed by atoms with van der Waals surface area (Å²) in [6.45, 7) is 0.331. The quantitative estimate of drug-likeness (QED) is 0.270. The predicted molar refractivity (Wildman–Crippen MR) is 106 cm³/mol. The van der Waals surface area contributed by atoms with Crippen LogP contribution < -0.4 is 5.32 Å². The minimum atomic E-state index is -0.542. The van der Waals surface area contributed by atoms with Crippen LogP contribution in [0.3, 0.4) is 0 Å². The van der Waals surface area contributed by atoms with Gasteiger partial charge in [0.2, 0.25) is 0 Å². The van der Waals surface area contributed by atoms with E-state index in [-0.39, 0.29) is 22.0 Å². The summed E-state index contributed by atoms with van der Waals surface area (Å²) in [5.74, 6) is 0.136. The number of nitro benzene ring substituents is 1. The molecule has 3 aromatic rings. The highest BCUT2D eigenvalue weighted by Gasteiger charge is 2.15. The number of hydrogen-bond acceptors (Lipinski definition) is 6. The first-order valence-electron chi connectivity index (χ1n) is 7.94. The Kier molecular flexibility index (Phi) is 5.89. The third kappa shape index (κ3) is 4.46. The molecule has 28 heavy (non-hydrogen) atoms. The lowest BCUT2D eigenvalue weighted by Gasteiger charge is -2.02. The van der Waals surface area contributed by atoms with E-state index in [0.717, 1.165) is 4.88 Å². The van der Waals surface area contributed by atoms with E-state index in [4.69, 9.17) is 16.0 Å². The summed E-state index contributed by atoms with van der Waals surface area (Å²) in [5.41, 5.74) is 0.231. The predicted octanol–water partition coefficient (Wildman–Crippen LogP) is 4.79. The van der Waals surface area contributed by atoms with Gasteiger partial charge in [-0.3, -0.25) is 14.9 Å². The smallest absolute Gasteiger partial charge is 0.270 e. The van der Waals surface area contributed by atoms with Gasteiger partial charge in [0.15, 0.2) is 0 Å². The van der Waals surface area contributed by atoms with Gasteiger partial charge in [-0.15, -0.1) is 11.3 Å². The Morgan fingerprint density at radius 2 is 2.18 bits per heavy atom. The lowest BCUT2D eigenvalue weighted by Crippen LogP contribution is -2.23. The maximum absolute atomic E-state index is 12.2. The van der Waals surface area contributed by atoms with Crippen molar-refractivity contribution in [2.75, 3.05) is 0 Å². The zero-order chi connectivity index (χ0) is 20.1. The van der Waals surface area contributed by atoms with Gasteiger partial charge < -0.3 is 9.73 Å². The van der Waals surface area contributed by atoms with Gasteiger partial charge in [0.25, 0.3) is 11.6 Å². The number of benzene rings is 1. The Balaban J connectivity index is 1.77. The molecule has 2 heterocycles. The zero-order valence-electron chi connectivity index (χ0n) is 14.2. The monoisotopic (exact) mass is 413 g/mol. The second-order valence-electron chi connectivity index (χ2n) is 5.56. The molecule has 0 aliphatic heterocycles. The standard InChI is InChI=1S/C19H12ClN3O4S/c20-17-9-13(23(25)26)3-5-16(17)18-6-4-14(27-18)8-12(10-21)19(24)22-11-15-2-1-7-28-15/h1-9H,11H2,(H,22,24). The Morgan fingerprint density at radius 1 is 1.36 bits per heavy atom. The first-order chi connectivity index (χ1) is 13.5. The molecular weight excluding hydrogens is 402 g/mol. The average molecular weight is 414 g/mol. The molecule has 2 aromatic heterocycles. The molecule has 0 saturated carbocycles. The van der Waals surface area contributed by atoms with E-state index in [9.17, 15) is 20.2 Å². The first kappa shape index (κ1) is 19.4. The van der Waals surface area contributed by atoms with Crippen LogP contribution in [0.25, 0.3) is 17.4 Å².